The molecule has 0 radical (unpaired) electrons. The summed E-state index contributed by atoms with van der Waals surface area (Å²) in [5, 5.41) is 0. The van der Waals surface area contributed by atoms with Gasteiger partial charge in [-0.3, -0.25) is 0 Å². The van der Waals surface area contributed by atoms with E-state index in [1.54, 1.807) is 4.31 Å². The zero-order valence-corrected chi connectivity index (χ0v) is 11.2. The maximum absolute atomic E-state index is 12.1. The van der Waals surface area contributed by atoms with Gasteiger partial charge in [0, 0.05) is 18.5 Å². The third kappa shape index (κ3) is 4.29. The van der Waals surface area contributed by atoms with Gasteiger partial charge in [-0.1, -0.05) is 20.8 Å². The maximum Gasteiger partial charge on any atom is 0.214 e. The van der Waals surface area contributed by atoms with Crippen LogP contribution < -0.4 is 0 Å². The Bertz CT molecular complexity index is 304. The van der Waals surface area contributed by atoms with Crippen molar-refractivity contribution in [3.63, 3.8) is 0 Å². The van der Waals surface area contributed by atoms with Gasteiger partial charge in [0.25, 0.3) is 0 Å². The first-order chi connectivity index (χ1) is 6.76. The summed E-state index contributed by atoms with van der Waals surface area (Å²) in [6.45, 7) is 6.27. The van der Waals surface area contributed by atoms with Crippen LogP contribution in [0.25, 0.3) is 0 Å². The van der Waals surface area contributed by atoms with E-state index in [9.17, 15) is 8.42 Å². The molecule has 0 aromatic heterocycles. The van der Waals surface area contributed by atoms with E-state index < -0.39 is 10.0 Å². The molecule has 3 nitrogen and oxygen atoms in total. The molecule has 0 atom stereocenters. The van der Waals surface area contributed by atoms with E-state index in [1.807, 2.05) is 20.8 Å². The smallest absolute Gasteiger partial charge is 0.212 e. The van der Waals surface area contributed by atoms with E-state index in [1.165, 1.54) is 0 Å². The summed E-state index contributed by atoms with van der Waals surface area (Å²) in [5.74, 6) is 0.577. The Morgan fingerprint density at radius 2 is 1.87 bits per heavy atom. The first kappa shape index (κ1) is 13.3. The Morgan fingerprint density at radius 1 is 1.33 bits per heavy atom. The van der Waals surface area contributed by atoms with Crippen LogP contribution in [0.2, 0.25) is 0 Å². The van der Waals surface area contributed by atoms with Crippen LogP contribution in [0.1, 0.15) is 33.6 Å². The van der Waals surface area contributed by atoms with E-state index in [4.69, 9.17) is 11.6 Å². The van der Waals surface area contributed by atoms with Gasteiger partial charge in [0.05, 0.1) is 5.75 Å². The van der Waals surface area contributed by atoms with E-state index in [0.717, 1.165) is 12.8 Å². The number of rotatable bonds is 5. The van der Waals surface area contributed by atoms with Crippen molar-refractivity contribution in [3.05, 3.63) is 0 Å². The van der Waals surface area contributed by atoms with E-state index in [2.05, 4.69) is 0 Å². The molecule has 1 fully saturated rings. The zero-order chi connectivity index (χ0) is 11.7. The highest BCUT2D eigenvalue weighted by atomic mass is 35.5. The molecule has 90 valence electrons. The van der Waals surface area contributed by atoms with E-state index in [-0.39, 0.29) is 17.2 Å². The fourth-order valence-electron chi connectivity index (χ4n) is 1.62. The Labute approximate surface area is 97.8 Å². The van der Waals surface area contributed by atoms with Gasteiger partial charge in [-0.05, 0) is 18.3 Å². The summed E-state index contributed by atoms with van der Waals surface area (Å²) in [7, 11) is -3.13. The van der Waals surface area contributed by atoms with Gasteiger partial charge in [0.2, 0.25) is 10.0 Å². The number of sulfonamides is 1. The SMILES string of the molecule is CC(C)(C)CS(=O)(=O)N(CCCl)C1CC1. The average Bonchev–Trinajstić information content (AvgIpc) is 2.77. The molecule has 0 N–H and O–H groups in total. The highest BCUT2D eigenvalue weighted by Crippen LogP contribution is 2.31. The molecule has 1 aliphatic carbocycles. The number of halogens is 1. The lowest BCUT2D eigenvalue weighted by atomic mass is 10.0. The van der Waals surface area contributed by atoms with Crippen molar-refractivity contribution in [3.8, 4) is 0 Å². The largest absolute Gasteiger partial charge is 0.214 e. The van der Waals surface area contributed by atoms with Crippen molar-refractivity contribution in [2.45, 2.75) is 39.7 Å². The molecule has 15 heavy (non-hydrogen) atoms. The third-order valence-electron chi connectivity index (χ3n) is 2.23. The van der Waals surface area contributed by atoms with Gasteiger partial charge in [0.15, 0.2) is 0 Å². The quantitative estimate of drug-likeness (QED) is 0.704. The van der Waals surface area contributed by atoms with Crippen molar-refractivity contribution < 1.29 is 8.42 Å². The monoisotopic (exact) mass is 253 g/mol. The molecule has 1 rings (SSSR count). The molecular formula is C10H20ClNO2S. The standard InChI is InChI=1S/C10H20ClNO2S/c1-10(2,3)8-15(13,14)12(7-6-11)9-4-5-9/h9H,4-8H2,1-3H3. The lowest BCUT2D eigenvalue weighted by Gasteiger charge is -2.26. The fourth-order valence-corrected chi connectivity index (χ4v) is 4.20. The number of hydrogen-bond acceptors (Lipinski definition) is 2. The normalized spacial score (nSPS) is 18.5. The number of hydrogen-bond donors (Lipinski definition) is 0. The molecule has 0 amide bonds. The minimum absolute atomic E-state index is 0.196. The second-order valence-electron chi connectivity index (χ2n) is 5.35. The van der Waals surface area contributed by atoms with Gasteiger partial charge in [-0.25, -0.2) is 8.42 Å². The van der Waals surface area contributed by atoms with Crippen LogP contribution in [0, 0.1) is 5.41 Å². The first-order valence-electron chi connectivity index (χ1n) is 5.32. The molecule has 0 aromatic carbocycles. The number of nitrogens with zero attached hydrogens (tertiary/aromatic N) is 1. The Kier molecular flexibility index (Phi) is 4.07. The summed E-state index contributed by atoms with van der Waals surface area (Å²) >= 11 is 5.64. The number of alkyl halides is 1. The van der Waals surface area contributed by atoms with Crippen LogP contribution in [0.3, 0.4) is 0 Å². The summed E-state index contributed by atoms with van der Waals surface area (Å²) < 4.78 is 25.8. The van der Waals surface area contributed by atoms with Crippen molar-refractivity contribution >= 4 is 21.6 Å². The van der Waals surface area contributed by atoms with Crippen LogP contribution in [0.15, 0.2) is 0 Å². The van der Waals surface area contributed by atoms with Crippen LogP contribution >= 0.6 is 11.6 Å². The van der Waals surface area contributed by atoms with Gasteiger partial charge in [0.1, 0.15) is 0 Å². The van der Waals surface area contributed by atoms with E-state index >= 15 is 0 Å². The summed E-state index contributed by atoms with van der Waals surface area (Å²) in [5.41, 5.74) is -0.196. The van der Waals surface area contributed by atoms with Crippen LogP contribution in [-0.2, 0) is 10.0 Å². The molecule has 0 bridgehead atoms. The fraction of sp³-hybridized carbons (Fsp3) is 1.00. The molecular weight excluding hydrogens is 234 g/mol. The minimum atomic E-state index is -3.13. The lowest BCUT2D eigenvalue weighted by Crippen LogP contribution is -2.39. The second kappa shape index (κ2) is 4.60. The molecule has 1 aliphatic rings. The Morgan fingerprint density at radius 3 is 2.20 bits per heavy atom. The molecule has 0 heterocycles. The highest BCUT2D eigenvalue weighted by molar-refractivity contribution is 7.89. The zero-order valence-electron chi connectivity index (χ0n) is 9.66. The van der Waals surface area contributed by atoms with E-state index in [0.29, 0.717) is 12.4 Å². The van der Waals surface area contributed by atoms with Gasteiger partial charge >= 0.3 is 0 Å². The summed E-state index contributed by atoms with van der Waals surface area (Å²) in [6.07, 6.45) is 1.97. The van der Waals surface area contributed by atoms with Crippen molar-refractivity contribution in [2.75, 3.05) is 18.2 Å². The second-order valence-corrected chi connectivity index (χ2v) is 7.65. The molecule has 5 heteroatoms. The van der Waals surface area contributed by atoms with Crippen molar-refractivity contribution in [1.82, 2.24) is 4.31 Å². The van der Waals surface area contributed by atoms with Crippen molar-refractivity contribution in [1.29, 1.82) is 0 Å². The molecule has 0 unspecified atom stereocenters. The predicted molar refractivity (Wildman–Crippen MR) is 63.7 cm³/mol. The highest BCUT2D eigenvalue weighted by Gasteiger charge is 2.38. The molecule has 0 aliphatic heterocycles. The maximum atomic E-state index is 12.1. The van der Waals surface area contributed by atoms with Gasteiger partial charge < -0.3 is 0 Å². The summed E-state index contributed by atoms with van der Waals surface area (Å²) in [6, 6.07) is 0.219. The molecule has 1 saturated carbocycles. The van der Waals surface area contributed by atoms with Crippen LogP contribution in [0.4, 0.5) is 0 Å². The molecule has 0 aromatic rings. The topological polar surface area (TPSA) is 37.4 Å². The van der Waals surface area contributed by atoms with Crippen LogP contribution in [-0.4, -0.2) is 36.9 Å². The minimum Gasteiger partial charge on any atom is -0.212 e. The lowest BCUT2D eigenvalue weighted by molar-refractivity contribution is 0.395. The molecule has 0 saturated heterocycles. The molecule has 0 spiro atoms. The summed E-state index contributed by atoms with van der Waals surface area (Å²) in [4.78, 5) is 0. The first-order valence-corrected chi connectivity index (χ1v) is 7.46. The van der Waals surface area contributed by atoms with Crippen molar-refractivity contribution in [2.24, 2.45) is 5.41 Å². The predicted octanol–water partition coefficient (Wildman–Crippen LogP) is 2.07. The van der Waals surface area contributed by atoms with Crippen LogP contribution in [0.5, 0.6) is 0 Å². The Hall–Kier alpha value is 0.200. The third-order valence-corrected chi connectivity index (χ3v) is 4.83. The van der Waals surface area contributed by atoms with Gasteiger partial charge in [-0.2, -0.15) is 4.31 Å². The average molecular weight is 254 g/mol. The van der Waals surface area contributed by atoms with Gasteiger partial charge in [-0.15, -0.1) is 11.6 Å². The Balaban J connectivity index is 2.72.